The van der Waals surface area contributed by atoms with Crippen LogP contribution in [0.3, 0.4) is 0 Å². The van der Waals surface area contributed by atoms with Crippen molar-refractivity contribution in [3.05, 3.63) is 33.3 Å². The van der Waals surface area contributed by atoms with Crippen molar-refractivity contribution in [1.82, 2.24) is 0 Å². The van der Waals surface area contributed by atoms with Crippen molar-refractivity contribution in [2.45, 2.75) is 18.9 Å². The SMILES string of the molecule is COC(=O)[C@@H]1Cc2c(ccc(Cl)c2Cl)[C@@H](N)C1. The van der Waals surface area contributed by atoms with E-state index in [1.54, 1.807) is 6.07 Å². The summed E-state index contributed by atoms with van der Waals surface area (Å²) >= 11 is 12.1. The number of fused-ring (bicyclic) bond motifs is 1. The van der Waals surface area contributed by atoms with Gasteiger partial charge in [0.05, 0.1) is 23.1 Å². The van der Waals surface area contributed by atoms with Gasteiger partial charge in [-0.15, -0.1) is 0 Å². The molecule has 0 saturated carbocycles. The van der Waals surface area contributed by atoms with Gasteiger partial charge in [-0.3, -0.25) is 4.79 Å². The zero-order valence-corrected chi connectivity index (χ0v) is 10.9. The van der Waals surface area contributed by atoms with Crippen LogP contribution in [-0.4, -0.2) is 13.1 Å². The smallest absolute Gasteiger partial charge is 0.309 e. The number of benzene rings is 1. The fourth-order valence-corrected chi connectivity index (χ4v) is 2.70. The quantitative estimate of drug-likeness (QED) is 0.801. The van der Waals surface area contributed by atoms with E-state index in [2.05, 4.69) is 0 Å². The van der Waals surface area contributed by atoms with Crippen molar-refractivity contribution in [1.29, 1.82) is 0 Å². The molecule has 1 aromatic rings. The third kappa shape index (κ3) is 2.28. The van der Waals surface area contributed by atoms with Gasteiger partial charge in [-0.05, 0) is 30.0 Å². The van der Waals surface area contributed by atoms with Crippen molar-refractivity contribution < 1.29 is 9.53 Å². The highest BCUT2D eigenvalue weighted by atomic mass is 35.5. The number of hydrogen-bond acceptors (Lipinski definition) is 3. The molecule has 0 fully saturated rings. The number of halogens is 2. The maximum absolute atomic E-state index is 11.6. The number of carbonyl (C=O) groups is 1. The Morgan fingerprint density at radius 3 is 2.82 bits per heavy atom. The fraction of sp³-hybridized carbons (Fsp3) is 0.417. The van der Waals surface area contributed by atoms with E-state index in [-0.39, 0.29) is 17.9 Å². The molecule has 17 heavy (non-hydrogen) atoms. The van der Waals surface area contributed by atoms with E-state index >= 15 is 0 Å². The first-order valence-electron chi connectivity index (χ1n) is 5.34. The molecule has 2 atom stereocenters. The van der Waals surface area contributed by atoms with E-state index in [0.717, 1.165) is 11.1 Å². The standard InChI is InChI=1S/C12H13Cl2NO2/c1-17-12(16)6-4-8-7(10(15)5-6)2-3-9(13)11(8)14/h2-3,6,10H,4-5,15H2,1H3/t6-,10+/m1/s1. The number of rotatable bonds is 1. The van der Waals surface area contributed by atoms with Crippen molar-refractivity contribution in [2.75, 3.05) is 7.11 Å². The van der Waals surface area contributed by atoms with Gasteiger partial charge in [0.2, 0.25) is 0 Å². The molecule has 0 aliphatic heterocycles. The molecule has 0 unspecified atom stereocenters. The van der Waals surface area contributed by atoms with Crippen LogP contribution in [0.25, 0.3) is 0 Å². The Labute approximate surface area is 110 Å². The number of carbonyl (C=O) groups excluding carboxylic acids is 1. The Hall–Kier alpha value is -0.770. The van der Waals surface area contributed by atoms with Crippen molar-refractivity contribution in [3.63, 3.8) is 0 Å². The lowest BCUT2D eigenvalue weighted by atomic mass is 9.81. The van der Waals surface area contributed by atoms with E-state index in [0.29, 0.717) is 22.9 Å². The van der Waals surface area contributed by atoms with Crippen LogP contribution in [0.5, 0.6) is 0 Å². The van der Waals surface area contributed by atoms with E-state index in [1.165, 1.54) is 7.11 Å². The molecule has 2 N–H and O–H groups in total. The normalized spacial score (nSPS) is 23.1. The van der Waals surface area contributed by atoms with Crippen molar-refractivity contribution in [2.24, 2.45) is 11.7 Å². The van der Waals surface area contributed by atoms with Gasteiger partial charge in [-0.25, -0.2) is 0 Å². The van der Waals surface area contributed by atoms with E-state index in [1.807, 2.05) is 6.07 Å². The molecule has 0 heterocycles. The average molecular weight is 274 g/mol. The van der Waals surface area contributed by atoms with Gasteiger partial charge >= 0.3 is 5.97 Å². The van der Waals surface area contributed by atoms with Crippen molar-refractivity contribution in [3.8, 4) is 0 Å². The molecule has 92 valence electrons. The third-order valence-corrected chi connectivity index (χ3v) is 4.00. The molecule has 0 bridgehead atoms. The predicted molar refractivity (Wildman–Crippen MR) is 67.2 cm³/mol. The van der Waals surface area contributed by atoms with Gasteiger partial charge in [0, 0.05) is 6.04 Å². The fourth-order valence-electron chi connectivity index (χ4n) is 2.27. The summed E-state index contributed by atoms with van der Waals surface area (Å²) in [4.78, 5) is 11.6. The minimum Gasteiger partial charge on any atom is -0.469 e. The molecule has 0 radical (unpaired) electrons. The summed E-state index contributed by atoms with van der Waals surface area (Å²) in [6, 6.07) is 3.42. The molecule has 0 spiro atoms. The van der Waals surface area contributed by atoms with Crippen LogP contribution in [0, 0.1) is 5.92 Å². The summed E-state index contributed by atoms with van der Waals surface area (Å²) in [7, 11) is 1.38. The zero-order chi connectivity index (χ0) is 12.6. The van der Waals surface area contributed by atoms with Crippen LogP contribution in [0.15, 0.2) is 12.1 Å². The summed E-state index contributed by atoms with van der Waals surface area (Å²) in [5, 5.41) is 0.983. The van der Waals surface area contributed by atoms with Gasteiger partial charge in [0.25, 0.3) is 0 Å². The Morgan fingerprint density at radius 1 is 1.47 bits per heavy atom. The van der Waals surface area contributed by atoms with Gasteiger partial charge in [-0.2, -0.15) is 0 Å². The molecule has 1 aromatic carbocycles. The molecule has 0 amide bonds. The molecule has 0 saturated heterocycles. The third-order valence-electron chi connectivity index (χ3n) is 3.16. The minimum absolute atomic E-state index is 0.197. The summed E-state index contributed by atoms with van der Waals surface area (Å²) in [6.07, 6.45) is 1.12. The molecule has 1 aliphatic carbocycles. The van der Waals surface area contributed by atoms with Crippen LogP contribution in [0.4, 0.5) is 0 Å². The van der Waals surface area contributed by atoms with Crippen LogP contribution in [-0.2, 0) is 16.0 Å². The molecule has 5 heteroatoms. The number of esters is 1. The van der Waals surface area contributed by atoms with E-state index in [4.69, 9.17) is 33.7 Å². The maximum Gasteiger partial charge on any atom is 0.309 e. The van der Waals surface area contributed by atoms with E-state index < -0.39 is 0 Å². The second-order valence-electron chi connectivity index (χ2n) is 4.20. The lowest BCUT2D eigenvalue weighted by molar-refractivity contribution is -0.146. The first-order valence-corrected chi connectivity index (χ1v) is 6.10. The van der Waals surface area contributed by atoms with Gasteiger partial charge in [0.1, 0.15) is 0 Å². The molecular formula is C12H13Cl2NO2. The molecular weight excluding hydrogens is 261 g/mol. The predicted octanol–water partition coefficient (Wildman–Crippen LogP) is 2.73. The minimum atomic E-state index is -0.248. The van der Waals surface area contributed by atoms with Crippen molar-refractivity contribution >= 4 is 29.2 Å². The summed E-state index contributed by atoms with van der Waals surface area (Å²) in [5.74, 6) is -0.486. The highest BCUT2D eigenvalue weighted by molar-refractivity contribution is 6.42. The van der Waals surface area contributed by atoms with Crippen LogP contribution >= 0.6 is 23.2 Å². The lowest BCUT2D eigenvalue weighted by Crippen LogP contribution is -2.30. The summed E-state index contributed by atoms with van der Waals surface area (Å²) < 4.78 is 4.75. The number of hydrogen-bond donors (Lipinski definition) is 1. The highest BCUT2D eigenvalue weighted by Crippen LogP contribution is 2.39. The maximum atomic E-state index is 11.6. The molecule has 0 aromatic heterocycles. The zero-order valence-electron chi connectivity index (χ0n) is 9.37. The molecule has 1 aliphatic rings. The van der Waals surface area contributed by atoms with Crippen LogP contribution < -0.4 is 5.73 Å². The monoisotopic (exact) mass is 273 g/mol. The van der Waals surface area contributed by atoms with Crippen LogP contribution in [0.1, 0.15) is 23.6 Å². The number of nitrogens with two attached hydrogens (primary N) is 1. The lowest BCUT2D eigenvalue weighted by Gasteiger charge is -2.28. The first kappa shape index (κ1) is 12.7. The average Bonchev–Trinajstić information content (AvgIpc) is 2.33. The highest BCUT2D eigenvalue weighted by Gasteiger charge is 2.31. The Bertz CT molecular complexity index is 462. The number of ether oxygens (including phenoxy) is 1. The summed E-state index contributed by atoms with van der Waals surface area (Å²) in [5.41, 5.74) is 7.88. The van der Waals surface area contributed by atoms with Gasteiger partial charge in [-0.1, -0.05) is 29.3 Å². The summed E-state index contributed by atoms with van der Waals surface area (Å²) in [6.45, 7) is 0. The first-order chi connectivity index (χ1) is 8.04. The van der Waals surface area contributed by atoms with Gasteiger partial charge in [0.15, 0.2) is 0 Å². The topological polar surface area (TPSA) is 52.3 Å². The second kappa shape index (κ2) is 4.84. The second-order valence-corrected chi connectivity index (χ2v) is 4.98. The molecule has 2 rings (SSSR count). The Morgan fingerprint density at radius 2 is 2.18 bits per heavy atom. The van der Waals surface area contributed by atoms with E-state index in [9.17, 15) is 4.79 Å². The number of methoxy groups -OCH3 is 1. The Balaban J connectivity index is 2.40. The molecule has 3 nitrogen and oxygen atoms in total. The van der Waals surface area contributed by atoms with Gasteiger partial charge < -0.3 is 10.5 Å². The largest absolute Gasteiger partial charge is 0.469 e. The Kier molecular flexibility index (Phi) is 3.61. The van der Waals surface area contributed by atoms with Crippen LogP contribution in [0.2, 0.25) is 10.0 Å².